The minimum atomic E-state index is -0.521. The van der Waals surface area contributed by atoms with Crippen molar-refractivity contribution < 1.29 is 14.3 Å². The first kappa shape index (κ1) is 15.2. The molecule has 19 heavy (non-hydrogen) atoms. The fourth-order valence-corrected chi connectivity index (χ4v) is 1.62. The SMILES string of the molecule is C[C@H](CC=O)c1cccc(NC(=O)OC(C)(C)C)c1. The highest BCUT2D eigenvalue weighted by atomic mass is 16.6. The first-order chi connectivity index (χ1) is 8.81. The van der Waals surface area contributed by atoms with E-state index in [9.17, 15) is 9.59 Å². The van der Waals surface area contributed by atoms with Crippen molar-refractivity contribution in [2.24, 2.45) is 0 Å². The summed E-state index contributed by atoms with van der Waals surface area (Å²) in [6.45, 7) is 7.42. The van der Waals surface area contributed by atoms with Gasteiger partial charge in [0.05, 0.1) is 0 Å². The molecule has 0 unspecified atom stereocenters. The molecule has 1 amide bonds. The summed E-state index contributed by atoms with van der Waals surface area (Å²) in [4.78, 5) is 22.2. The summed E-state index contributed by atoms with van der Waals surface area (Å²) in [5.74, 6) is 0.137. The molecule has 1 aromatic carbocycles. The lowest BCUT2D eigenvalue weighted by Crippen LogP contribution is -2.27. The summed E-state index contributed by atoms with van der Waals surface area (Å²) in [5, 5.41) is 2.69. The van der Waals surface area contributed by atoms with Crippen LogP contribution in [0, 0.1) is 0 Å². The van der Waals surface area contributed by atoms with Crippen molar-refractivity contribution in [1.82, 2.24) is 0 Å². The van der Waals surface area contributed by atoms with Gasteiger partial charge in [-0.3, -0.25) is 5.32 Å². The molecule has 0 aliphatic carbocycles. The highest BCUT2D eigenvalue weighted by molar-refractivity contribution is 5.85. The van der Waals surface area contributed by atoms with Gasteiger partial charge < -0.3 is 9.53 Å². The Kier molecular flexibility index (Phi) is 5.10. The normalized spacial score (nSPS) is 12.6. The molecule has 0 heterocycles. The quantitative estimate of drug-likeness (QED) is 0.842. The van der Waals surface area contributed by atoms with E-state index in [1.807, 2.05) is 45.9 Å². The topological polar surface area (TPSA) is 55.4 Å². The Balaban J connectivity index is 2.72. The van der Waals surface area contributed by atoms with Crippen molar-refractivity contribution in [3.8, 4) is 0 Å². The highest BCUT2D eigenvalue weighted by Gasteiger charge is 2.16. The maximum atomic E-state index is 11.6. The average Bonchev–Trinajstić information content (AvgIpc) is 2.27. The van der Waals surface area contributed by atoms with Gasteiger partial charge in [0.1, 0.15) is 11.9 Å². The highest BCUT2D eigenvalue weighted by Crippen LogP contribution is 2.21. The van der Waals surface area contributed by atoms with Gasteiger partial charge in [-0.2, -0.15) is 0 Å². The molecule has 0 spiro atoms. The Morgan fingerprint density at radius 2 is 2.11 bits per heavy atom. The standard InChI is InChI=1S/C15H21NO3/c1-11(8-9-17)12-6-5-7-13(10-12)16-14(18)19-15(2,3)4/h5-7,9-11H,8H2,1-4H3,(H,16,18)/t11-/m1/s1. The zero-order chi connectivity index (χ0) is 14.5. The van der Waals surface area contributed by atoms with E-state index in [1.54, 1.807) is 6.07 Å². The van der Waals surface area contributed by atoms with Gasteiger partial charge in [0, 0.05) is 12.1 Å². The maximum Gasteiger partial charge on any atom is 0.412 e. The molecule has 1 N–H and O–H groups in total. The summed E-state index contributed by atoms with van der Waals surface area (Å²) in [5.41, 5.74) is 1.16. The van der Waals surface area contributed by atoms with Crippen LogP contribution in [0.5, 0.6) is 0 Å². The second kappa shape index (κ2) is 6.36. The van der Waals surface area contributed by atoms with Crippen LogP contribution in [0.1, 0.15) is 45.6 Å². The van der Waals surface area contributed by atoms with Gasteiger partial charge in [0.25, 0.3) is 0 Å². The molecule has 0 fully saturated rings. The summed E-state index contributed by atoms with van der Waals surface area (Å²) < 4.78 is 5.18. The number of carbonyl (C=O) groups is 2. The molecule has 1 rings (SSSR count). The molecule has 0 bridgehead atoms. The van der Waals surface area contributed by atoms with E-state index in [4.69, 9.17) is 4.74 Å². The minimum absolute atomic E-state index is 0.137. The van der Waals surface area contributed by atoms with Crippen molar-refractivity contribution in [1.29, 1.82) is 0 Å². The molecule has 0 aliphatic heterocycles. The molecule has 4 nitrogen and oxygen atoms in total. The zero-order valence-corrected chi connectivity index (χ0v) is 11.9. The molecule has 0 aromatic heterocycles. The van der Waals surface area contributed by atoms with Crippen LogP contribution in [0.4, 0.5) is 10.5 Å². The van der Waals surface area contributed by atoms with Crippen LogP contribution in [0.3, 0.4) is 0 Å². The second-order valence-corrected chi connectivity index (χ2v) is 5.56. The molecule has 0 saturated carbocycles. The van der Waals surface area contributed by atoms with Crippen LogP contribution in [-0.4, -0.2) is 18.0 Å². The van der Waals surface area contributed by atoms with E-state index in [2.05, 4.69) is 5.32 Å². The maximum absolute atomic E-state index is 11.6. The van der Waals surface area contributed by atoms with E-state index in [0.29, 0.717) is 12.1 Å². The minimum Gasteiger partial charge on any atom is -0.444 e. The summed E-state index contributed by atoms with van der Waals surface area (Å²) >= 11 is 0. The summed E-state index contributed by atoms with van der Waals surface area (Å²) in [6, 6.07) is 7.44. The predicted molar refractivity (Wildman–Crippen MR) is 75.4 cm³/mol. The Hall–Kier alpha value is -1.84. The second-order valence-electron chi connectivity index (χ2n) is 5.56. The lowest BCUT2D eigenvalue weighted by atomic mass is 9.98. The third-order valence-corrected chi connectivity index (χ3v) is 2.55. The number of anilines is 1. The number of carbonyl (C=O) groups excluding carboxylic acids is 2. The number of hydrogen-bond acceptors (Lipinski definition) is 3. The zero-order valence-electron chi connectivity index (χ0n) is 11.9. The number of benzene rings is 1. The molecule has 0 saturated heterocycles. The van der Waals surface area contributed by atoms with Crippen LogP contribution >= 0.6 is 0 Å². The Labute approximate surface area is 114 Å². The van der Waals surface area contributed by atoms with Crippen molar-refractivity contribution in [3.63, 3.8) is 0 Å². The molecular formula is C15H21NO3. The first-order valence-electron chi connectivity index (χ1n) is 6.35. The van der Waals surface area contributed by atoms with E-state index in [1.165, 1.54) is 0 Å². The number of amides is 1. The van der Waals surface area contributed by atoms with Crippen molar-refractivity contribution in [2.45, 2.75) is 45.6 Å². The lowest BCUT2D eigenvalue weighted by molar-refractivity contribution is -0.108. The molecule has 1 aromatic rings. The largest absolute Gasteiger partial charge is 0.444 e. The lowest BCUT2D eigenvalue weighted by Gasteiger charge is -2.20. The van der Waals surface area contributed by atoms with Crippen LogP contribution in [-0.2, 0) is 9.53 Å². The fourth-order valence-electron chi connectivity index (χ4n) is 1.62. The number of ether oxygens (including phenoxy) is 1. The number of rotatable bonds is 4. The Morgan fingerprint density at radius 3 is 2.68 bits per heavy atom. The van der Waals surface area contributed by atoms with Crippen LogP contribution in [0.25, 0.3) is 0 Å². The van der Waals surface area contributed by atoms with E-state index < -0.39 is 11.7 Å². The van der Waals surface area contributed by atoms with Crippen molar-refractivity contribution in [3.05, 3.63) is 29.8 Å². The summed E-state index contributed by atoms with van der Waals surface area (Å²) in [6.07, 6.45) is 0.891. The van der Waals surface area contributed by atoms with Crippen LogP contribution in [0.15, 0.2) is 24.3 Å². The number of hydrogen-bond donors (Lipinski definition) is 1. The van der Waals surface area contributed by atoms with Gasteiger partial charge in [-0.1, -0.05) is 19.1 Å². The van der Waals surface area contributed by atoms with Gasteiger partial charge in [-0.15, -0.1) is 0 Å². The average molecular weight is 263 g/mol. The fraction of sp³-hybridized carbons (Fsp3) is 0.467. The third kappa shape index (κ3) is 5.55. The molecule has 0 aliphatic rings. The molecule has 0 radical (unpaired) electrons. The third-order valence-electron chi connectivity index (χ3n) is 2.55. The van der Waals surface area contributed by atoms with E-state index in [0.717, 1.165) is 11.8 Å². The van der Waals surface area contributed by atoms with Gasteiger partial charge in [0.2, 0.25) is 0 Å². The number of nitrogens with one attached hydrogen (secondary N) is 1. The van der Waals surface area contributed by atoms with Gasteiger partial charge >= 0.3 is 6.09 Å². The van der Waals surface area contributed by atoms with Crippen LogP contribution < -0.4 is 5.32 Å². The monoisotopic (exact) mass is 263 g/mol. The van der Waals surface area contributed by atoms with Crippen molar-refractivity contribution >= 4 is 18.1 Å². The smallest absolute Gasteiger partial charge is 0.412 e. The van der Waals surface area contributed by atoms with Gasteiger partial charge in [0.15, 0.2) is 0 Å². The Bertz CT molecular complexity index is 449. The van der Waals surface area contributed by atoms with Crippen molar-refractivity contribution in [2.75, 3.05) is 5.32 Å². The van der Waals surface area contributed by atoms with E-state index in [-0.39, 0.29) is 5.92 Å². The predicted octanol–water partition coefficient (Wildman–Crippen LogP) is 3.73. The van der Waals surface area contributed by atoms with Gasteiger partial charge in [-0.25, -0.2) is 4.79 Å². The first-order valence-corrected chi connectivity index (χ1v) is 6.35. The molecule has 4 heteroatoms. The Morgan fingerprint density at radius 1 is 1.42 bits per heavy atom. The molecule has 104 valence electrons. The summed E-state index contributed by atoms with van der Waals surface area (Å²) in [7, 11) is 0. The number of aldehydes is 1. The van der Waals surface area contributed by atoms with Crippen LogP contribution in [0.2, 0.25) is 0 Å². The van der Waals surface area contributed by atoms with E-state index >= 15 is 0 Å². The molecule has 1 atom stereocenters. The van der Waals surface area contributed by atoms with Gasteiger partial charge in [-0.05, 0) is 44.4 Å². The molecular weight excluding hydrogens is 242 g/mol.